The lowest BCUT2D eigenvalue weighted by atomic mass is 9.91. The first kappa shape index (κ1) is 20.7. The molecule has 1 saturated heterocycles. The van der Waals surface area contributed by atoms with Gasteiger partial charge in [0.1, 0.15) is 25.3 Å². The molecule has 0 saturated carbocycles. The van der Waals surface area contributed by atoms with Crippen LogP contribution >= 0.6 is 0 Å². The molecule has 1 atom stereocenters. The van der Waals surface area contributed by atoms with E-state index in [2.05, 4.69) is 24.5 Å². The van der Waals surface area contributed by atoms with Crippen LogP contribution in [0.25, 0.3) is 0 Å². The van der Waals surface area contributed by atoms with Crippen LogP contribution in [0.2, 0.25) is 0 Å². The van der Waals surface area contributed by atoms with Crippen molar-refractivity contribution in [1.82, 2.24) is 10.2 Å². The first-order chi connectivity index (χ1) is 14.8. The van der Waals surface area contributed by atoms with E-state index < -0.39 is 23.4 Å². The van der Waals surface area contributed by atoms with Gasteiger partial charge in [-0.25, -0.2) is 4.79 Å². The maximum absolute atomic E-state index is 13.1. The van der Waals surface area contributed by atoms with Crippen molar-refractivity contribution >= 4 is 23.5 Å². The van der Waals surface area contributed by atoms with Crippen LogP contribution in [0.15, 0.2) is 42.5 Å². The van der Waals surface area contributed by atoms with Crippen molar-refractivity contribution < 1.29 is 23.9 Å². The Morgan fingerprint density at radius 3 is 2.61 bits per heavy atom. The van der Waals surface area contributed by atoms with Gasteiger partial charge in [0.2, 0.25) is 5.91 Å². The Hall–Kier alpha value is -3.55. The molecule has 2 aromatic rings. The number of benzene rings is 2. The molecule has 4 amide bonds. The molecule has 8 nitrogen and oxygen atoms in total. The highest BCUT2D eigenvalue weighted by molar-refractivity contribution is 6.10. The summed E-state index contributed by atoms with van der Waals surface area (Å²) in [6, 6.07) is 12.0. The van der Waals surface area contributed by atoms with Gasteiger partial charge >= 0.3 is 6.03 Å². The number of nitrogens with zero attached hydrogens (tertiary/aromatic N) is 1. The molecule has 2 aliphatic rings. The summed E-state index contributed by atoms with van der Waals surface area (Å²) in [7, 11) is 0. The summed E-state index contributed by atoms with van der Waals surface area (Å²) >= 11 is 0. The number of anilines is 1. The van der Waals surface area contributed by atoms with Crippen molar-refractivity contribution in [3.05, 3.63) is 53.6 Å². The van der Waals surface area contributed by atoms with E-state index in [1.165, 1.54) is 0 Å². The Kier molecular flexibility index (Phi) is 5.31. The largest absolute Gasteiger partial charge is 0.486 e. The number of carbonyl (C=O) groups excluding carboxylic acids is 3. The molecule has 0 aromatic heterocycles. The fourth-order valence-electron chi connectivity index (χ4n) is 3.71. The summed E-state index contributed by atoms with van der Waals surface area (Å²) in [6.07, 6.45) is 0. The highest BCUT2D eigenvalue weighted by atomic mass is 16.6. The van der Waals surface area contributed by atoms with E-state index in [9.17, 15) is 14.4 Å². The number of imide groups is 1. The maximum atomic E-state index is 13.1. The van der Waals surface area contributed by atoms with Crippen molar-refractivity contribution in [1.29, 1.82) is 0 Å². The van der Waals surface area contributed by atoms with Crippen LogP contribution in [0.1, 0.15) is 37.8 Å². The third kappa shape index (κ3) is 3.93. The predicted octanol–water partition coefficient (Wildman–Crippen LogP) is 2.99. The molecule has 31 heavy (non-hydrogen) atoms. The predicted molar refractivity (Wildman–Crippen MR) is 114 cm³/mol. The van der Waals surface area contributed by atoms with Gasteiger partial charge in [0.25, 0.3) is 5.91 Å². The van der Waals surface area contributed by atoms with Crippen molar-refractivity contribution in [2.75, 3.05) is 25.1 Å². The van der Waals surface area contributed by atoms with Gasteiger partial charge < -0.3 is 20.1 Å². The van der Waals surface area contributed by atoms with E-state index in [4.69, 9.17) is 9.47 Å². The Bertz CT molecular complexity index is 1050. The van der Waals surface area contributed by atoms with Crippen LogP contribution in [-0.2, 0) is 15.1 Å². The molecular formula is C23H25N3O5. The van der Waals surface area contributed by atoms with Crippen LogP contribution in [0, 0.1) is 0 Å². The molecule has 0 bridgehead atoms. The number of ether oxygens (including phenoxy) is 2. The first-order valence-electron chi connectivity index (χ1n) is 10.2. The van der Waals surface area contributed by atoms with Crippen LogP contribution < -0.4 is 20.1 Å². The van der Waals surface area contributed by atoms with E-state index in [1.807, 2.05) is 18.2 Å². The van der Waals surface area contributed by atoms with Crippen molar-refractivity contribution in [3.63, 3.8) is 0 Å². The molecule has 2 aliphatic heterocycles. The summed E-state index contributed by atoms with van der Waals surface area (Å²) in [4.78, 5) is 39.2. The minimum absolute atomic E-state index is 0.314. The molecule has 8 heteroatoms. The lowest BCUT2D eigenvalue weighted by Gasteiger charge is -2.25. The highest BCUT2D eigenvalue weighted by Gasteiger charge is 2.49. The van der Waals surface area contributed by atoms with Crippen molar-refractivity contribution in [3.8, 4) is 11.5 Å². The van der Waals surface area contributed by atoms with Crippen LogP contribution in [0.4, 0.5) is 10.5 Å². The topological polar surface area (TPSA) is 97.0 Å². The molecule has 0 spiro atoms. The van der Waals surface area contributed by atoms with Crippen LogP contribution in [-0.4, -0.2) is 42.5 Å². The monoisotopic (exact) mass is 423 g/mol. The lowest BCUT2D eigenvalue weighted by molar-refractivity contribution is -0.133. The molecule has 1 unspecified atom stereocenters. The number of amides is 4. The van der Waals surface area contributed by atoms with Crippen molar-refractivity contribution in [2.24, 2.45) is 0 Å². The number of carbonyl (C=O) groups is 3. The van der Waals surface area contributed by atoms with Crippen LogP contribution in [0.3, 0.4) is 0 Å². The number of urea groups is 1. The summed E-state index contributed by atoms with van der Waals surface area (Å²) in [5.74, 6) is 0.481. The third-order valence-electron chi connectivity index (χ3n) is 5.53. The Morgan fingerprint density at radius 2 is 1.87 bits per heavy atom. The first-order valence-corrected chi connectivity index (χ1v) is 10.2. The average molecular weight is 423 g/mol. The van der Waals surface area contributed by atoms with Gasteiger partial charge in [0.15, 0.2) is 11.5 Å². The zero-order chi connectivity index (χ0) is 22.2. The van der Waals surface area contributed by atoms with Crippen molar-refractivity contribution in [2.45, 2.75) is 32.2 Å². The molecule has 2 N–H and O–H groups in total. The molecule has 0 radical (unpaired) electrons. The second-order valence-electron chi connectivity index (χ2n) is 8.13. The number of hydrogen-bond acceptors (Lipinski definition) is 5. The van der Waals surface area contributed by atoms with Gasteiger partial charge in [-0.05, 0) is 48.2 Å². The van der Waals surface area contributed by atoms with E-state index in [0.29, 0.717) is 41.9 Å². The smallest absolute Gasteiger partial charge is 0.325 e. The average Bonchev–Trinajstić information content (AvgIpc) is 2.97. The van der Waals surface area contributed by atoms with Gasteiger partial charge in [-0.3, -0.25) is 14.5 Å². The van der Waals surface area contributed by atoms with Gasteiger partial charge in [-0.15, -0.1) is 0 Å². The zero-order valence-corrected chi connectivity index (χ0v) is 17.7. The van der Waals surface area contributed by atoms with E-state index in [-0.39, 0.29) is 6.54 Å². The number of hydrogen-bond donors (Lipinski definition) is 2. The second kappa shape index (κ2) is 7.94. The molecule has 2 heterocycles. The molecule has 2 aromatic carbocycles. The standard InChI is InChI=1S/C23H25N3O5/c1-14(2)15-5-4-6-17(11-15)24-20(27)13-26-21(28)23(3,25-22(26)29)16-7-8-18-19(12-16)31-10-9-30-18/h4-8,11-12,14H,9-10,13H2,1-3H3,(H,24,27)(H,25,29). The molecule has 4 rings (SSSR count). The quantitative estimate of drug-likeness (QED) is 0.721. The summed E-state index contributed by atoms with van der Waals surface area (Å²) in [5.41, 5.74) is 0.963. The summed E-state index contributed by atoms with van der Waals surface area (Å²) < 4.78 is 11.1. The van der Waals surface area contributed by atoms with Gasteiger partial charge in [-0.1, -0.05) is 32.0 Å². The van der Waals surface area contributed by atoms with E-state index in [1.54, 1.807) is 31.2 Å². The fraction of sp³-hybridized carbons (Fsp3) is 0.348. The van der Waals surface area contributed by atoms with E-state index in [0.717, 1.165) is 10.5 Å². The van der Waals surface area contributed by atoms with Gasteiger partial charge in [-0.2, -0.15) is 0 Å². The normalized spacial score (nSPS) is 20.1. The van der Waals surface area contributed by atoms with Gasteiger partial charge in [0.05, 0.1) is 0 Å². The van der Waals surface area contributed by atoms with E-state index >= 15 is 0 Å². The maximum Gasteiger partial charge on any atom is 0.325 e. The van der Waals surface area contributed by atoms with Crippen LogP contribution in [0.5, 0.6) is 11.5 Å². The third-order valence-corrected chi connectivity index (χ3v) is 5.53. The molecular weight excluding hydrogens is 398 g/mol. The second-order valence-corrected chi connectivity index (χ2v) is 8.13. The number of rotatable bonds is 5. The minimum atomic E-state index is -1.30. The SMILES string of the molecule is CC(C)c1cccc(NC(=O)CN2C(=O)NC(C)(c3ccc4c(c3)OCCO4)C2=O)c1. The van der Waals surface area contributed by atoms with Gasteiger partial charge in [0, 0.05) is 5.69 Å². The highest BCUT2D eigenvalue weighted by Crippen LogP contribution is 2.36. The summed E-state index contributed by atoms with van der Waals surface area (Å²) in [6.45, 7) is 6.24. The number of fused-ring (bicyclic) bond motifs is 1. The minimum Gasteiger partial charge on any atom is -0.486 e. The molecule has 0 aliphatic carbocycles. The Balaban J connectivity index is 1.49. The zero-order valence-electron chi connectivity index (χ0n) is 17.7. The fourth-order valence-corrected chi connectivity index (χ4v) is 3.71. The number of nitrogens with one attached hydrogen (secondary N) is 2. The molecule has 162 valence electrons. The lowest BCUT2D eigenvalue weighted by Crippen LogP contribution is -2.42. The summed E-state index contributed by atoms with van der Waals surface area (Å²) in [5, 5.41) is 5.47. The Labute approximate surface area is 180 Å². The molecule has 1 fully saturated rings. The Morgan fingerprint density at radius 1 is 1.13 bits per heavy atom.